The molecule has 0 aliphatic heterocycles. The number of rotatable bonds is 6. The summed E-state index contributed by atoms with van der Waals surface area (Å²) in [5.74, 6) is -0.727. The van der Waals surface area contributed by atoms with Crippen molar-refractivity contribution >= 4 is 22.7 Å². The number of aromatic nitrogens is 1. The quantitative estimate of drug-likeness (QED) is 0.586. The molecule has 2 amide bonds. The average molecular weight is 405 g/mol. The number of primary amides is 2. The van der Waals surface area contributed by atoms with E-state index in [1.807, 2.05) is 19.1 Å². The normalized spacial score (nSPS) is 18.5. The summed E-state index contributed by atoms with van der Waals surface area (Å²) in [4.78, 5) is 29.6. The number of carbonyl (C=O) groups is 2. The van der Waals surface area contributed by atoms with Gasteiger partial charge in [-0.3, -0.25) is 9.59 Å². The molecule has 3 aromatic rings. The van der Waals surface area contributed by atoms with Gasteiger partial charge in [0.2, 0.25) is 11.8 Å². The molecule has 0 spiro atoms. The third kappa shape index (κ3) is 3.27. The van der Waals surface area contributed by atoms with E-state index >= 15 is 0 Å². The highest BCUT2D eigenvalue weighted by Crippen LogP contribution is 2.42. The summed E-state index contributed by atoms with van der Waals surface area (Å²) in [6, 6.07) is 10.4. The van der Waals surface area contributed by atoms with Crippen molar-refractivity contribution in [3.63, 3.8) is 0 Å². The molecule has 5 N–H and O–H groups in total. The van der Waals surface area contributed by atoms with Gasteiger partial charge in [-0.25, -0.2) is 0 Å². The molecule has 6 heteroatoms. The highest BCUT2D eigenvalue weighted by molar-refractivity contribution is 6.08. The van der Waals surface area contributed by atoms with Crippen molar-refractivity contribution in [2.24, 2.45) is 11.5 Å². The fourth-order valence-electron chi connectivity index (χ4n) is 4.68. The van der Waals surface area contributed by atoms with Crippen molar-refractivity contribution in [3.8, 4) is 11.1 Å². The van der Waals surface area contributed by atoms with Gasteiger partial charge in [0.05, 0.1) is 11.1 Å². The first-order valence-electron chi connectivity index (χ1n) is 10.3. The monoisotopic (exact) mass is 404 g/mol. The van der Waals surface area contributed by atoms with Crippen LogP contribution < -0.4 is 11.5 Å². The second-order valence-electron chi connectivity index (χ2n) is 8.39. The number of hydrogen-bond donors (Lipinski definition) is 3. The van der Waals surface area contributed by atoms with E-state index in [0.29, 0.717) is 18.4 Å². The third-order valence-corrected chi connectivity index (χ3v) is 6.49. The van der Waals surface area contributed by atoms with E-state index in [2.05, 4.69) is 42.3 Å². The Labute approximate surface area is 176 Å². The van der Waals surface area contributed by atoms with Crippen LogP contribution in [-0.2, 0) is 6.42 Å². The number of hydrogen-bond acceptors (Lipinski definition) is 3. The smallest absolute Gasteiger partial charge is 0.249 e. The van der Waals surface area contributed by atoms with Gasteiger partial charge in [0, 0.05) is 23.1 Å². The maximum atomic E-state index is 12.1. The Morgan fingerprint density at radius 3 is 2.43 bits per heavy atom. The van der Waals surface area contributed by atoms with Gasteiger partial charge >= 0.3 is 0 Å². The van der Waals surface area contributed by atoms with Gasteiger partial charge in [-0.15, -0.1) is 0 Å². The lowest BCUT2D eigenvalue weighted by Crippen LogP contribution is -2.39. The first kappa shape index (κ1) is 20.2. The Morgan fingerprint density at radius 1 is 1.10 bits per heavy atom. The minimum absolute atomic E-state index is 0.177. The van der Waals surface area contributed by atoms with Gasteiger partial charge < -0.3 is 21.4 Å². The Balaban J connectivity index is 1.80. The maximum absolute atomic E-state index is 12.1. The Morgan fingerprint density at radius 2 is 1.83 bits per heavy atom. The molecule has 0 saturated heterocycles. The fraction of sp³-hybridized carbons (Fsp3) is 0.333. The second-order valence-corrected chi connectivity index (χ2v) is 8.39. The van der Waals surface area contributed by atoms with E-state index in [1.54, 1.807) is 6.07 Å². The van der Waals surface area contributed by atoms with Gasteiger partial charge in [-0.2, -0.15) is 0 Å². The number of H-pyrrole nitrogens is 1. The number of amides is 2. The number of benzene rings is 2. The predicted molar refractivity (Wildman–Crippen MR) is 120 cm³/mol. The van der Waals surface area contributed by atoms with Gasteiger partial charge in [0.25, 0.3) is 0 Å². The zero-order valence-corrected chi connectivity index (χ0v) is 17.7. The summed E-state index contributed by atoms with van der Waals surface area (Å²) in [6.07, 6.45) is 5.00. The van der Waals surface area contributed by atoms with Crippen molar-refractivity contribution in [1.29, 1.82) is 0 Å². The summed E-state index contributed by atoms with van der Waals surface area (Å²) in [7, 11) is 4.26. The number of aromatic amines is 1. The Hall–Kier alpha value is -3.12. The molecule has 156 valence electrons. The standard InChI is InChI=1S/C24H28N4O2/c1-4-16-17(6-7-18(23(25)29)22(16)24(26)30)13-5-8-21-19(11-13)20(12-27-21)14-9-15(10-14)28(2)3/h5-8,11-12,14-15,27H,4,9-10H2,1-3H3,(H2,25,29)(H2,26,30)/t14-,15-. The molecule has 4 rings (SSSR count). The molecule has 0 unspecified atom stereocenters. The van der Waals surface area contributed by atoms with E-state index in [9.17, 15) is 9.59 Å². The van der Waals surface area contributed by atoms with Crippen LogP contribution in [0.1, 0.15) is 57.5 Å². The van der Waals surface area contributed by atoms with Gasteiger partial charge in [0.1, 0.15) is 0 Å². The van der Waals surface area contributed by atoms with Crippen LogP contribution in [0.15, 0.2) is 36.5 Å². The molecule has 6 nitrogen and oxygen atoms in total. The van der Waals surface area contributed by atoms with Gasteiger partial charge in [-0.05, 0) is 79.7 Å². The topological polar surface area (TPSA) is 105 Å². The lowest BCUT2D eigenvalue weighted by atomic mass is 9.75. The molecule has 1 saturated carbocycles. The zero-order valence-electron chi connectivity index (χ0n) is 17.7. The van der Waals surface area contributed by atoms with Crippen molar-refractivity contribution in [1.82, 2.24) is 9.88 Å². The minimum Gasteiger partial charge on any atom is -0.366 e. The van der Waals surface area contributed by atoms with Crippen LogP contribution in [0.3, 0.4) is 0 Å². The SMILES string of the molecule is CCc1c(-c2ccc3[nH]cc([C@H]4C[C@H](N(C)C)C4)c3c2)ccc(C(N)=O)c1C(N)=O. The Bertz CT molecular complexity index is 1140. The van der Waals surface area contributed by atoms with E-state index < -0.39 is 11.8 Å². The minimum atomic E-state index is -0.645. The largest absolute Gasteiger partial charge is 0.366 e. The lowest BCUT2D eigenvalue weighted by Gasteiger charge is -2.39. The first-order chi connectivity index (χ1) is 14.3. The van der Waals surface area contributed by atoms with E-state index in [0.717, 1.165) is 35.0 Å². The highest BCUT2D eigenvalue weighted by Gasteiger charge is 2.33. The van der Waals surface area contributed by atoms with Crippen LogP contribution in [0.5, 0.6) is 0 Å². The molecule has 0 radical (unpaired) electrons. The molecule has 1 fully saturated rings. The lowest BCUT2D eigenvalue weighted by molar-refractivity contribution is 0.0966. The second kappa shape index (κ2) is 7.61. The number of nitrogens with zero attached hydrogens (tertiary/aromatic N) is 1. The summed E-state index contributed by atoms with van der Waals surface area (Å²) in [5, 5.41) is 1.20. The van der Waals surface area contributed by atoms with E-state index in [4.69, 9.17) is 11.5 Å². The summed E-state index contributed by atoms with van der Waals surface area (Å²) in [5.41, 5.74) is 16.6. The number of nitrogens with two attached hydrogens (primary N) is 2. The van der Waals surface area contributed by atoms with Crippen LogP contribution in [0.4, 0.5) is 0 Å². The molecule has 30 heavy (non-hydrogen) atoms. The van der Waals surface area contributed by atoms with E-state index in [1.165, 1.54) is 10.9 Å². The van der Waals surface area contributed by atoms with Crippen LogP contribution in [0, 0.1) is 0 Å². The number of fused-ring (bicyclic) bond motifs is 1. The van der Waals surface area contributed by atoms with Crippen molar-refractivity contribution in [2.75, 3.05) is 14.1 Å². The van der Waals surface area contributed by atoms with Crippen LogP contribution in [0.2, 0.25) is 0 Å². The third-order valence-electron chi connectivity index (χ3n) is 6.49. The summed E-state index contributed by atoms with van der Waals surface area (Å²) < 4.78 is 0. The number of nitrogens with one attached hydrogen (secondary N) is 1. The molecule has 1 heterocycles. The average Bonchev–Trinajstić information content (AvgIpc) is 3.08. The Kier molecular flexibility index (Phi) is 5.12. The number of carbonyl (C=O) groups excluding carboxylic acids is 2. The first-order valence-corrected chi connectivity index (χ1v) is 10.3. The van der Waals surface area contributed by atoms with Crippen molar-refractivity contribution in [2.45, 2.75) is 38.1 Å². The van der Waals surface area contributed by atoms with Crippen molar-refractivity contribution < 1.29 is 9.59 Å². The zero-order chi connectivity index (χ0) is 21.6. The maximum Gasteiger partial charge on any atom is 0.249 e. The summed E-state index contributed by atoms with van der Waals surface area (Å²) in [6.45, 7) is 1.95. The molecular formula is C24H28N4O2. The van der Waals surface area contributed by atoms with Crippen LogP contribution in [-0.4, -0.2) is 41.8 Å². The molecule has 0 atom stereocenters. The fourth-order valence-corrected chi connectivity index (χ4v) is 4.68. The van der Waals surface area contributed by atoms with Crippen LogP contribution in [0.25, 0.3) is 22.0 Å². The predicted octanol–water partition coefficient (Wildman–Crippen LogP) is 3.40. The van der Waals surface area contributed by atoms with E-state index in [-0.39, 0.29) is 11.1 Å². The molecule has 1 aliphatic carbocycles. The summed E-state index contributed by atoms with van der Waals surface area (Å²) >= 11 is 0. The molecule has 1 aliphatic rings. The highest BCUT2D eigenvalue weighted by atomic mass is 16.2. The van der Waals surface area contributed by atoms with Gasteiger partial charge in [-0.1, -0.05) is 19.1 Å². The molecular weight excluding hydrogens is 376 g/mol. The molecule has 2 aromatic carbocycles. The molecule has 0 bridgehead atoms. The molecule has 1 aromatic heterocycles. The van der Waals surface area contributed by atoms with Crippen molar-refractivity contribution in [3.05, 3.63) is 58.8 Å². The van der Waals surface area contributed by atoms with Crippen LogP contribution >= 0.6 is 0 Å². The van der Waals surface area contributed by atoms with Gasteiger partial charge in [0.15, 0.2) is 0 Å².